The van der Waals surface area contributed by atoms with Crippen molar-refractivity contribution in [1.82, 2.24) is 4.57 Å². The Morgan fingerprint density at radius 2 is 1.58 bits per heavy atom. The molecule has 0 radical (unpaired) electrons. The van der Waals surface area contributed by atoms with Gasteiger partial charge >= 0.3 is 0 Å². The number of rotatable bonds is 4. The summed E-state index contributed by atoms with van der Waals surface area (Å²) in [6.45, 7) is 8.49. The van der Waals surface area contributed by atoms with Gasteiger partial charge in [0.2, 0.25) is 0 Å². The highest BCUT2D eigenvalue weighted by atomic mass is 15.1. The second-order valence-corrected chi connectivity index (χ2v) is 7.12. The Bertz CT molecular complexity index is 944. The lowest BCUT2D eigenvalue weighted by Crippen LogP contribution is -2.08. The van der Waals surface area contributed by atoms with E-state index in [1.807, 2.05) is 6.21 Å². The van der Waals surface area contributed by atoms with Crippen LogP contribution in [0.4, 0.5) is 11.4 Å². The maximum Gasteiger partial charge on any atom is 0.0661 e. The molecule has 2 aromatic carbocycles. The summed E-state index contributed by atoms with van der Waals surface area (Å²) in [5, 5.41) is 0. The SMILES string of the molecule is Cc1ccc(C)c(N=Cc2cc(C)n(-c3ccc(N(C)C)cc3)c2C)c1. The third kappa shape index (κ3) is 3.57. The summed E-state index contributed by atoms with van der Waals surface area (Å²) in [4.78, 5) is 6.85. The van der Waals surface area contributed by atoms with Crippen LogP contribution in [0.2, 0.25) is 0 Å². The van der Waals surface area contributed by atoms with E-state index in [0.717, 1.165) is 11.3 Å². The molecule has 0 spiro atoms. The van der Waals surface area contributed by atoms with Crippen LogP contribution in [0.25, 0.3) is 5.69 Å². The molecule has 0 aliphatic carbocycles. The molecule has 3 nitrogen and oxygen atoms in total. The van der Waals surface area contributed by atoms with Gasteiger partial charge in [-0.05, 0) is 75.2 Å². The van der Waals surface area contributed by atoms with Crippen molar-refractivity contribution >= 4 is 17.6 Å². The van der Waals surface area contributed by atoms with Crippen LogP contribution in [0.1, 0.15) is 28.1 Å². The molecule has 0 aliphatic rings. The van der Waals surface area contributed by atoms with Crippen LogP contribution in [0.3, 0.4) is 0 Å². The summed E-state index contributed by atoms with van der Waals surface area (Å²) in [6.07, 6.45) is 1.98. The smallest absolute Gasteiger partial charge is 0.0661 e. The summed E-state index contributed by atoms with van der Waals surface area (Å²) in [7, 11) is 4.12. The molecule has 3 rings (SSSR count). The molecule has 0 fully saturated rings. The van der Waals surface area contributed by atoms with Gasteiger partial charge in [-0.2, -0.15) is 0 Å². The van der Waals surface area contributed by atoms with Gasteiger partial charge in [0.1, 0.15) is 0 Å². The van der Waals surface area contributed by atoms with Gasteiger partial charge in [0.15, 0.2) is 0 Å². The van der Waals surface area contributed by atoms with Crippen LogP contribution in [0.15, 0.2) is 53.5 Å². The van der Waals surface area contributed by atoms with Crippen molar-refractivity contribution in [3.8, 4) is 5.69 Å². The number of aromatic nitrogens is 1. The first-order valence-corrected chi connectivity index (χ1v) is 8.95. The van der Waals surface area contributed by atoms with Gasteiger partial charge in [0.05, 0.1) is 5.69 Å². The van der Waals surface area contributed by atoms with Gasteiger partial charge < -0.3 is 9.47 Å². The van der Waals surface area contributed by atoms with Gasteiger partial charge in [-0.1, -0.05) is 12.1 Å². The molecule has 0 unspecified atom stereocenters. The standard InChI is InChI=1S/C23H27N3/c1-16-7-8-17(2)23(13-16)24-15-20-14-18(3)26(19(20)4)22-11-9-21(10-12-22)25(5)6/h7-15H,1-6H3. The van der Waals surface area contributed by atoms with Crippen molar-refractivity contribution in [2.24, 2.45) is 4.99 Å². The Labute approximate surface area is 156 Å². The van der Waals surface area contributed by atoms with Crippen molar-refractivity contribution in [3.05, 3.63) is 76.6 Å². The summed E-state index contributed by atoms with van der Waals surface area (Å²) in [6, 6.07) is 17.2. The van der Waals surface area contributed by atoms with E-state index in [1.54, 1.807) is 0 Å². The van der Waals surface area contributed by atoms with Crippen LogP contribution < -0.4 is 4.90 Å². The van der Waals surface area contributed by atoms with Crippen molar-refractivity contribution in [2.75, 3.05) is 19.0 Å². The number of hydrogen-bond acceptors (Lipinski definition) is 2. The Kier molecular flexibility index (Phi) is 4.99. The summed E-state index contributed by atoms with van der Waals surface area (Å²) < 4.78 is 2.28. The van der Waals surface area contributed by atoms with Crippen LogP contribution in [-0.4, -0.2) is 24.9 Å². The fraction of sp³-hybridized carbons (Fsp3) is 0.261. The monoisotopic (exact) mass is 345 g/mol. The maximum absolute atomic E-state index is 4.74. The Morgan fingerprint density at radius 1 is 0.885 bits per heavy atom. The zero-order chi connectivity index (χ0) is 18.8. The van der Waals surface area contributed by atoms with Gasteiger partial charge in [-0.15, -0.1) is 0 Å². The predicted octanol–water partition coefficient (Wildman–Crippen LogP) is 5.53. The zero-order valence-corrected chi connectivity index (χ0v) is 16.5. The number of benzene rings is 2. The van der Waals surface area contributed by atoms with E-state index in [0.29, 0.717) is 0 Å². The fourth-order valence-electron chi connectivity index (χ4n) is 3.21. The predicted molar refractivity (Wildman–Crippen MR) is 113 cm³/mol. The zero-order valence-electron chi connectivity index (χ0n) is 16.5. The second-order valence-electron chi connectivity index (χ2n) is 7.12. The topological polar surface area (TPSA) is 20.5 Å². The molecule has 0 aliphatic heterocycles. The van der Waals surface area contributed by atoms with E-state index in [4.69, 9.17) is 4.99 Å². The van der Waals surface area contributed by atoms with E-state index in [1.165, 1.54) is 33.9 Å². The molecule has 0 N–H and O–H groups in total. The largest absolute Gasteiger partial charge is 0.378 e. The summed E-state index contributed by atoms with van der Waals surface area (Å²) in [5.74, 6) is 0. The van der Waals surface area contributed by atoms with Crippen LogP contribution in [0, 0.1) is 27.7 Å². The van der Waals surface area contributed by atoms with E-state index < -0.39 is 0 Å². The summed E-state index contributed by atoms with van der Waals surface area (Å²) in [5.41, 5.74) is 9.40. The molecule has 0 amide bonds. The van der Waals surface area contributed by atoms with Crippen molar-refractivity contribution < 1.29 is 0 Å². The minimum atomic E-state index is 1.03. The van der Waals surface area contributed by atoms with E-state index in [-0.39, 0.29) is 0 Å². The Morgan fingerprint density at radius 3 is 2.23 bits per heavy atom. The van der Waals surface area contributed by atoms with Gasteiger partial charge in [-0.25, -0.2) is 0 Å². The highest BCUT2D eigenvalue weighted by Crippen LogP contribution is 2.24. The number of hydrogen-bond donors (Lipinski definition) is 0. The molecule has 0 saturated carbocycles. The first-order valence-electron chi connectivity index (χ1n) is 8.95. The molecule has 3 heteroatoms. The van der Waals surface area contributed by atoms with Gasteiger partial charge in [0.25, 0.3) is 0 Å². The van der Waals surface area contributed by atoms with Crippen molar-refractivity contribution in [3.63, 3.8) is 0 Å². The fourth-order valence-corrected chi connectivity index (χ4v) is 3.21. The number of aryl methyl sites for hydroxylation is 3. The van der Waals surface area contributed by atoms with Gasteiger partial charge in [0, 0.05) is 48.6 Å². The lowest BCUT2D eigenvalue weighted by atomic mass is 10.1. The molecule has 0 atom stereocenters. The lowest BCUT2D eigenvalue weighted by molar-refractivity contribution is 0.963. The van der Waals surface area contributed by atoms with E-state index >= 15 is 0 Å². The van der Waals surface area contributed by atoms with Crippen molar-refractivity contribution in [2.45, 2.75) is 27.7 Å². The molecule has 1 heterocycles. The minimum absolute atomic E-state index is 1.03. The molecular weight excluding hydrogens is 318 g/mol. The number of nitrogens with zero attached hydrogens (tertiary/aromatic N) is 3. The van der Waals surface area contributed by atoms with Gasteiger partial charge in [-0.3, -0.25) is 4.99 Å². The molecule has 0 bridgehead atoms. The molecule has 0 saturated heterocycles. The van der Waals surface area contributed by atoms with Crippen LogP contribution in [-0.2, 0) is 0 Å². The van der Waals surface area contributed by atoms with E-state index in [9.17, 15) is 0 Å². The molecule has 3 aromatic rings. The number of aliphatic imine (C=N–C) groups is 1. The molecule has 134 valence electrons. The third-order valence-corrected chi connectivity index (χ3v) is 4.80. The quantitative estimate of drug-likeness (QED) is 0.570. The first kappa shape index (κ1) is 18.0. The Hall–Kier alpha value is -2.81. The second kappa shape index (κ2) is 7.20. The Balaban J connectivity index is 1.95. The molecular formula is C23H27N3. The van der Waals surface area contributed by atoms with Crippen LogP contribution >= 0.6 is 0 Å². The summed E-state index contributed by atoms with van der Waals surface area (Å²) >= 11 is 0. The van der Waals surface area contributed by atoms with Crippen molar-refractivity contribution in [1.29, 1.82) is 0 Å². The van der Waals surface area contributed by atoms with E-state index in [2.05, 4.69) is 99.8 Å². The molecule has 1 aromatic heterocycles. The normalized spacial score (nSPS) is 11.3. The minimum Gasteiger partial charge on any atom is -0.378 e. The molecule has 26 heavy (non-hydrogen) atoms. The maximum atomic E-state index is 4.74. The van der Waals surface area contributed by atoms with Crippen LogP contribution in [0.5, 0.6) is 0 Å². The average Bonchev–Trinajstić information content (AvgIpc) is 2.89. The number of anilines is 1. The highest BCUT2D eigenvalue weighted by Gasteiger charge is 2.10. The third-order valence-electron chi connectivity index (χ3n) is 4.80. The average molecular weight is 345 g/mol. The first-order chi connectivity index (χ1) is 12.4. The highest BCUT2D eigenvalue weighted by molar-refractivity contribution is 5.84. The lowest BCUT2D eigenvalue weighted by Gasteiger charge is -2.14.